The van der Waals surface area contributed by atoms with Crippen molar-refractivity contribution >= 4 is 23.9 Å². The Morgan fingerprint density at radius 3 is 1.66 bits per heavy atom. The topological polar surface area (TPSA) is 184 Å². The van der Waals surface area contributed by atoms with Crippen molar-refractivity contribution in [3.63, 3.8) is 0 Å². The van der Waals surface area contributed by atoms with Crippen LogP contribution in [0.15, 0.2) is 0 Å². The van der Waals surface area contributed by atoms with Crippen LogP contribution in [0.25, 0.3) is 0 Å². The fourth-order valence-corrected chi connectivity index (χ4v) is 4.40. The lowest BCUT2D eigenvalue weighted by Crippen LogP contribution is -2.57. The quantitative estimate of drug-likeness (QED) is 0.0984. The third-order valence-electron chi connectivity index (χ3n) is 6.61. The maximum Gasteiger partial charge on any atom is 0.305 e. The molecule has 4 atom stereocenters. The molecule has 1 saturated heterocycles. The molecule has 13 nitrogen and oxygen atoms in total. The fourth-order valence-electron chi connectivity index (χ4n) is 4.40. The van der Waals surface area contributed by atoms with Gasteiger partial charge in [-0.3, -0.25) is 19.2 Å². The Labute approximate surface area is 241 Å². The van der Waals surface area contributed by atoms with Crippen molar-refractivity contribution < 1.29 is 62.9 Å². The number of unbranched alkanes of at least 4 members (excludes halogenated alkanes) is 8. The third-order valence-corrected chi connectivity index (χ3v) is 6.61. The number of carboxylic acid groups (broad SMARTS) is 3. The number of aliphatic carboxylic acids is 3. The number of hydrogen-bond donors (Lipinski definition) is 3. The molecule has 13 heteroatoms. The molecular formula is C28H48O13. The first-order chi connectivity index (χ1) is 19.7. The van der Waals surface area contributed by atoms with Crippen LogP contribution in [0.5, 0.6) is 0 Å². The van der Waals surface area contributed by atoms with Gasteiger partial charge in [0.2, 0.25) is 0 Å². The Morgan fingerprint density at radius 2 is 1.12 bits per heavy atom. The van der Waals surface area contributed by atoms with Crippen LogP contribution < -0.4 is 0 Å². The standard InChI is InChI=1S/C28H48O13/c1-36-26(35)11-9-7-5-3-2-4-6-8-10-15-37-19-21-27(39-17-13-24(31)32)28(40-18-14-25(33)34)22(20-41-21)38-16-12-23(29)30/h21-22,27-28H,2-20H2,1H3,(H,29,30)(H,31,32)(H,33,34)/t21-,22+,27-,28-/m1/s1. The predicted molar refractivity (Wildman–Crippen MR) is 145 cm³/mol. The summed E-state index contributed by atoms with van der Waals surface area (Å²) in [6.45, 7) is 0.403. The molecule has 1 aliphatic heterocycles. The van der Waals surface area contributed by atoms with Crippen LogP contribution in [0, 0.1) is 0 Å². The second-order valence-electron chi connectivity index (χ2n) is 9.97. The SMILES string of the molecule is COC(=O)CCCCCCCCCCCOC[C@H]1OC[C@H](OCCC(=O)O)[C@@H](OCCC(=O)O)[C@@H]1OCCC(=O)O. The van der Waals surface area contributed by atoms with Crippen molar-refractivity contribution in [1.82, 2.24) is 0 Å². The van der Waals surface area contributed by atoms with E-state index in [1.165, 1.54) is 7.11 Å². The van der Waals surface area contributed by atoms with Crippen molar-refractivity contribution in [2.45, 2.75) is 108 Å². The van der Waals surface area contributed by atoms with Crippen LogP contribution in [-0.4, -0.2) is 110 Å². The zero-order valence-electron chi connectivity index (χ0n) is 24.2. The molecule has 0 aromatic rings. The molecule has 0 aromatic carbocycles. The summed E-state index contributed by atoms with van der Waals surface area (Å²) in [5.41, 5.74) is 0. The highest BCUT2D eigenvalue weighted by Crippen LogP contribution is 2.25. The van der Waals surface area contributed by atoms with Gasteiger partial charge in [-0.15, -0.1) is 0 Å². The van der Waals surface area contributed by atoms with Crippen molar-refractivity contribution in [3.8, 4) is 0 Å². The predicted octanol–water partition coefficient (Wildman–Crippen LogP) is 3.06. The zero-order chi connectivity index (χ0) is 30.3. The number of carboxylic acids is 3. The van der Waals surface area contributed by atoms with Crippen LogP contribution >= 0.6 is 0 Å². The molecule has 0 radical (unpaired) electrons. The van der Waals surface area contributed by atoms with E-state index < -0.39 is 42.3 Å². The first kappa shape index (κ1) is 36.7. The van der Waals surface area contributed by atoms with E-state index in [4.69, 9.17) is 39.0 Å². The van der Waals surface area contributed by atoms with Crippen molar-refractivity contribution in [2.24, 2.45) is 0 Å². The number of methoxy groups -OCH3 is 1. The van der Waals surface area contributed by atoms with Gasteiger partial charge < -0.3 is 43.7 Å². The Hall–Kier alpha value is -2.32. The summed E-state index contributed by atoms with van der Waals surface area (Å²) in [4.78, 5) is 44.0. The van der Waals surface area contributed by atoms with Crippen molar-refractivity contribution in [3.05, 3.63) is 0 Å². The van der Waals surface area contributed by atoms with E-state index in [9.17, 15) is 19.2 Å². The number of rotatable bonds is 26. The van der Waals surface area contributed by atoms with E-state index in [0.717, 1.165) is 57.8 Å². The lowest BCUT2D eigenvalue weighted by molar-refractivity contribution is -0.239. The summed E-state index contributed by atoms with van der Waals surface area (Å²) < 4.78 is 33.7. The summed E-state index contributed by atoms with van der Waals surface area (Å²) in [5, 5.41) is 26.9. The van der Waals surface area contributed by atoms with Gasteiger partial charge in [-0.25, -0.2) is 0 Å². The summed E-state index contributed by atoms with van der Waals surface area (Å²) in [7, 11) is 1.41. The molecule has 0 unspecified atom stereocenters. The molecule has 238 valence electrons. The second-order valence-corrected chi connectivity index (χ2v) is 9.97. The van der Waals surface area contributed by atoms with Crippen LogP contribution in [-0.2, 0) is 47.6 Å². The Bertz CT molecular complexity index is 744. The second kappa shape index (κ2) is 23.3. The summed E-state index contributed by atoms with van der Waals surface area (Å²) >= 11 is 0. The molecule has 1 heterocycles. The van der Waals surface area contributed by atoms with Crippen molar-refractivity contribution in [2.75, 3.05) is 46.8 Å². The summed E-state index contributed by atoms with van der Waals surface area (Å²) in [5.74, 6) is -3.26. The third kappa shape index (κ3) is 18.7. The number of carbonyl (C=O) groups is 4. The maximum atomic E-state index is 11.1. The highest BCUT2D eigenvalue weighted by atomic mass is 16.6. The highest BCUT2D eigenvalue weighted by Gasteiger charge is 2.43. The van der Waals surface area contributed by atoms with Crippen molar-refractivity contribution in [1.29, 1.82) is 0 Å². The Kier molecular flexibility index (Phi) is 20.8. The average Bonchev–Trinajstić information content (AvgIpc) is 2.92. The molecule has 0 bridgehead atoms. The molecule has 0 spiro atoms. The van der Waals surface area contributed by atoms with E-state index in [-0.39, 0.29) is 58.3 Å². The monoisotopic (exact) mass is 592 g/mol. The first-order valence-corrected chi connectivity index (χ1v) is 14.5. The lowest BCUT2D eigenvalue weighted by atomic mass is 9.99. The number of hydrogen-bond acceptors (Lipinski definition) is 10. The number of carbonyl (C=O) groups excluding carboxylic acids is 1. The van der Waals surface area contributed by atoms with Gasteiger partial charge in [-0.2, -0.15) is 0 Å². The number of esters is 1. The minimum Gasteiger partial charge on any atom is -0.481 e. The molecule has 0 amide bonds. The fraction of sp³-hybridized carbons (Fsp3) is 0.857. The Morgan fingerprint density at radius 1 is 0.634 bits per heavy atom. The minimum atomic E-state index is -1.04. The van der Waals surface area contributed by atoms with Crippen LogP contribution in [0.4, 0.5) is 0 Å². The van der Waals surface area contributed by atoms with E-state index in [2.05, 4.69) is 4.74 Å². The molecule has 0 saturated carbocycles. The molecule has 41 heavy (non-hydrogen) atoms. The average molecular weight is 593 g/mol. The van der Waals surface area contributed by atoms with E-state index in [0.29, 0.717) is 13.0 Å². The Balaban J connectivity index is 2.46. The smallest absolute Gasteiger partial charge is 0.305 e. The highest BCUT2D eigenvalue weighted by molar-refractivity contribution is 5.69. The summed E-state index contributed by atoms with van der Waals surface area (Å²) in [6.07, 6.45) is 6.31. The van der Waals surface area contributed by atoms with Gasteiger partial charge in [0.15, 0.2) is 0 Å². The maximum absolute atomic E-state index is 11.1. The molecule has 3 N–H and O–H groups in total. The van der Waals surface area contributed by atoms with Gasteiger partial charge in [0.05, 0.1) is 59.4 Å². The van der Waals surface area contributed by atoms with Crippen LogP contribution in [0.2, 0.25) is 0 Å². The molecule has 1 fully saturated rings. The van der Waals surface area contributed by atoms with Gasteiger partial charge >= 0.3 is 23.9 Å². The van der Waals surface area contributed by atoms with Gasteiger partial charge in [0.1, 0.15) is 24.4 Å². The summed E-state index contributed by atoms with van der Waals surface area (Å²) in [6, 6.07) is 0. The van der Waals surface area contributed by atoms with Gasteiger partial charge in [0.25, 0.3) is 0 Å². The molecular weight excluding hydrogens is 544 g/mol. The van der Waals surface area contributed by atoms with E-state index in [1.54, 1.807) is 0 Å². The number of ether oxygens (including phenoxy) is 6. The normalized spacial score (nSPS) is 20.5. The van der Waals surface area contributed by atoms with Gasteiger partial charge in [0, 0.05) is 13.0 Å². The molecule has 1 aliphatic rings. The van der Waals surface area contributed by atoms with Crippen LogP contribution in [0.1, 0.15) is 83.5 Å². The van der Waals surface area contributed by atoms with E-state index >= 15 is 0 Å². The minimum absolute atomic E-state index is 0.0624. The lowest BCUT2D eigenvalue weighted by Gasteiger charge is -2.42. The molecule has 0 aromatic heterocycles. The largest absolute Gasteiger partial charge is 0.481 e. The van der Waals surface area contributed by atoms with Gasteiger partial charge in [-0.1, -0.05) is 44.9 Å². The zero-order valence-corrected chi connectivity index (χ0v) is 24.2. The molecule has 0 aliphatic carbocycles. The van der Waals surface area contributed by atoms with E-state index in [1.807, 2.05) is 0 Å². The van der Waals surface area contributed by atoms with Crippen LogP contribution in [0.3, 0.4) is 0 Å². The first-order valence-electron chi connectivity index (χ1n) is 14.5. The van der Waals surface area contributed by atoms with Gasteiger partial charge in [-0.05, 0) is 12.8 Å². The molecule has 1 rings (SSSR count).